The molecule has 11 heteroatoms. The van der Waals surface area contributed by atoms with Crippen molar-refractivity contribution in [1.82, 2.24) is 20.9 Å². The van der Waals surface area contributed by atoms with E-state index in [9.17, 15) is 9.59 Å². The Morgan fingerprint density at radius 3 is 2.45 bits per heavy atom. The summed E-state index contributed by atoms with van der Waals surface area (Å²) in [4.78, 5) is 30.2. The average molecular weight is 422 g/mol. The summed E-state index contributed by atoms with van der Waals surface area (Å²) >= 11 is 0. The lowest BCUT2D eigenvalue weighted by Crippen LogP contribution is -2.35. The zero-order chi connectivity index (χ0) is 22.0. The Labute approximate surface area is 178 Å². The highest BCUT2D eigenvalue weighted by Crippen LogP contribution is 2.24. The predicted molar refractivity (Wildman–Crippen MR) is 116 cm³/mol. The molecule has 2 aliphatic rings. The molecule has 4 amide bonds. The van der Waals surface area contributed by atoms with Crippen LogP contribution in [-0.4, -0.2) is 28.5 Å². The Bertz CT molecular complexity index is 1090. The van der Waals surface area contributed by atoms with Gasteiger partial charge in [0.15, 0.2) is 5.82 Å². The van der Waals surface area contributed by atoms with Gasteiger partial charge in [0.05, 0.1) is 17.6 Å². The van der Waals surface area contributed by atoms with Gasteiger partial charge in [0.2, 0.25) is 0 Å². The number of carbonyl (C=O) groups is 2. The number of hydrogen-bond donors (Lipinski definition) is 5. The van der Waals surface area contributed by atoms with E-state index in [0.717, 1.165) is 0 Å². The molecule has 2 aromatic rings. The number of anilines is 3. The number of nitrogens with zero attached hydrogens (tertiary/aromatic N) is 3. The molecule has 0 saturated heterocycles. The van der Waals surface area contributed by atoms with Crippen LogP contribution in [0, 0.1) is 0 Å². The van der Waals surface area contributed by atoms with Crippen LogP contribution < -0.4 is 26.8 Å². The Morgan fingerprint density at radius 2 is 1.77 bits per heavy atom. The number of hydrazine groups is 1. The SMILES string of the molecule is CC(C)(C)c1cc(NC(=O)Nc2ccc(NC(=O)N3C=NC=C4NNC=C43)cc2)no1. The quantitative estimate of drug-likeness (QED) is 0.515. The highest BCUT2D eigenvalue weighted by atomic mass is 16.5. The molecule has 11 nitrogen and oxygen atoms in total. The maximum absolute atomic E-state index is 12.6. The molecule has 3 heterocycles. The summed E-state index contributed by atoms with van der Waals surface area (Å²) in [6, 6.07) is 7.57. The molecule has 0 saturated carbocycles. The van der Waals surface area contributed by atoms with Crippen LogP contribution in [0.1, 0.15) is 26.5 Å². The van der Waals surface area contributed by atoms with E-state index in [1.807, 2.05) is 20.8 Å². The van der Waals surface area contributed by atoms with Crippen molar-refractivity contribution in [3.05, 3.63) is 59.9 Å². The topological polar surface area (TPSA) is 136 Å². The first-order valence-electron chi connectivity index (χ1n) is 9.51. The van der Waals surface area contributed by atoms with Gasteiger partial charge in [0.25, 0.3) is 0 Å². The van der Waals surface area contributed by atoms with Gasteiger partial charge in [0, 0.05) is 29.1 Å². The molecule has 0 fully saturated rings. The standard InChI is InChI=1S/C20H22N8O3/c1-20(2,3)16-8-17(27-31-16)25-18(29)23-12-4-6-13(7-5-12)24-19(30)28-11-21-9-14-15(28)10-22-26-14/h4-11,22,26H,1-3H3,(H,24,30)(H2,23,25,27,29). The van der Waals surface area contributed by atoms with Crippen LogP contribution in [0.3, 0.4) is 0 Å². The monoisotopic (exact) mass is 422 g/mol. The maximum Gasteiger partial charge on any atom is 0.331 e. The molecule has 0 unspecified atom stereocenters. The lowest BCUT2D eigenvalue weighted by molar-refractivity contribution is 0.241. The third kappa shape index (κ3) is 4.50. The number of benzene rings is 1. The molecule has 0 radical (unpaired) electrons. The van der Waals surface area contributed by atoms with Crippen LogP contribution in [-0.2, 0) is 5.41 Å². The van der Waals surface area contributed by atoms with Gasteiger partial charge in [-0.05, 0) is 24.3 Å². The molecular formula is C20H22N8O3. The summed E-state index contributed by atoms with van der Waals surface area (Å²) in [5, 5.41) is 12.0. The lowest BCUT2D eigenvalue weighted by Gasteiger charge is -2.21. The molecule has 1 aromatic heterocycles. The maximum atomic E-state index is 12.6. The Hall–Kier alpha value is -4.28. The van der Waals surface area contributed by atoms with Gasteiger partial charge in [-0.25, -0.2) is 19.5 Å². The molecule has 0 spiro atoms. The first-order chi connectivity index (χ1) is 14.8. The lowest BCUT2D eigenvalue weighted by atomic mass is 9.93. The molecule has 31 heavy (non-hydrogen) atoms. The van der Waals surface area contributed by atoms with E-state index in [4.69, 9.17) is 4.52 Å². The van der Waals surface area contributed by atoms with Gasteiger partial charge < -0.3 is 20.6 Å². The van der Waals surface area contributed by atoms with Crippen LogP contribution >= 0.6 is 0 Å². The molecule has 5 N–H and O–H groups in total. The minimum Gasteiger partial charge on any atom is -0.359 e. The molecule has 2 aliphatic heterocycles. The fourth-order valence-corrected chi connectivity index (χ4v) is 2.81. The van der Waals surface area contributed by atoms with Crippen LogP contribution in [0.4, 0.5) is 26.8 Å². The number of aromatic nitrogens is 1. The van der Waals surface area contributed by atoms with Crippen LogP contribution in [0.15, 0.2) is 63.6 Å². The summed E-state index contributed by atoms with van der Waals surface area (Å²) in [6.07, 6.45) is 4.71. The molecule has 0 aliphatic carbocycles. The van der Waals surface area contributed by atoms with Crippen molar-refractivity contribution < 1.29 is 14.1 Å². The highest BCUT2D eigenvalue weighted by molar-refractivity contribution is 6.01. The third-order valence-electron chi connectivity index (χ3n) is 4.44. The molecule has 4 rings (SSSR count). The molecule has 1 aromatic carbocycles. The first kappa shape index (κ1) is 20.0. The molecule has 160 valence electrons. The van der Waals surface area contributed by atoms with Gasteiger partial charge in [-0.1, -0.05) is 25.9 Å². The van der Waals surface area contributed by atoms with Crippen LogP contribution in [0.2, 0.25) is 0 Å². The molecular weight excluding hydrogens is 400 g/mol. The second kappa shape index (κ2) is 7.86. The summed E-state index contributed by atoms with van der Waals surface area (Å²) < 4.78 is 5.25. The van der Waals surface area contributed by atoms with Crippen molar-refractivity contribution in [3.63, 3.8) is 0 Å². The van der Waals surface area contributed by atoms with E-state index < -0.39 is 6.03 Å². The van der Waals surface area contributed by atoms with E-state index >= 15 is 0 Å². The molecule has 0 atom stereocenters. The molecule has 0 bridgehead atoms. The first-order valence-corrected chi connectivity index (χ1v) is 9.51. The number of urea groups is 2. The smallest absolute Gasteiger partial charge is 0.331 e. The van der Waals surface area contributed by atoms with Gasteiger partial charge in [-0.3, -0.25) is 10.7 Å². The van der Waals surface area contributed by atoms with Gasteiger partial charge in [-0.15, -0.1) is 0 Å². The summed E-state index contributed by atoms with van der Waals surface area (Å²) in [6.45, 7) is 5.97. The van der Waals surface area contributed by atoms with E-state index in [-0.39, 0.29) is 11.4 Å². The number of nitrogens with one attached hydrogen (secondary N) is 5. The fourth-order valence-electron chi connectivity index (χ4n) is 2.81. The van der Waals surface area contributed by atoms with Crippen molar-refractivity contribution in [2.24, 2.45) is 4.99 Å². The van der Waals surface area contributed by atoms with E-state index in [2.05, 4.69) is 37.0 Å². The summed E-state index contributed by atoms with van der Waals surface area (Å²) in [5.41, 5.74) is 7.97. The van der Waals surface area contributed by atoms with E-state index in [1.165, 1.54) is 11.2 Å². The highest BCUT2D eigenvalue weighted by Gasteiger charge is 2.25. The third-order valence-corrected chi connectivity index (χ3v) is 4.44. The number of amides is 4. The average Bonchev–Trinajstić information content (AvgIpc) is 3.38. The van der Waals surface area contributed by atoms with Gasteiger partial charge in [0.1, 0.15) is 12.1 Å². The van der Waals surface area contributed by atoms with Crippen molar-refractivity contribution in [1.29, 1.82) is 0 Å². The summed E-state index contributed by atoms with van der Waals surface area (Å²) in [7, 11) is 0. The van der Waals surface area contributed by atoms with Crippen LogP contribution in [0.25, 0.3) is 0 Å². The second-order valence-electron chi connectivity index (χ2n) is 7.89. The number of fused-ring (bicyclic) bond motifs is 1. The minimum atomic E-state index is -0.456. The predicted octanol–water partition coefficient (Wildman–Crippen LogP) is 3.28. The second-order valence-corrected chi connectivity index (χ2v) is 7.89. The van der Waals surface area contributed by atoms with E-state index in [0.29, 0.717) is 34.3 Å². The number of rotatable bonds is 3. The van der Waals surface area contributed by atoms with Crippen LogP contribution in [0.5, 0.6) is 0 Å². The van der Waals surface area contributed by atoms with Crippen molar-refractivity contribution in [2.45, 2.75) is 26.2 Å². The number of hydrogen-bond acceptors (Lipinski definition) is 7. The van der Waals surface area contributed by atoms with Crippen molar-refractivity contribution >= 4 is 35.6 Å². The zero-order valence-electron chi connectivity index (χ0n) is 17.2. The van der Waals surface area contributed by atoms with Crippen molar-refractivity contribution in [2.75, 3.05) is 16.0 Å². The van der Waals surface area contributed by atoms with Crippen molar-refractivity contribution in [3.8, 4) is 0 Å². The largest absolute Gasteiger partial charge is 0.359 e. The van der Waals surface area contributed by atoms with E-state index in [1.54, 1.807) is 42.7 Å². The Kier molecular flexibility index (Phi) is 5.07. The number of carbonyl (C=O) groups excluding carboxylic acids is 2. The Morgan fingerprint density at radius 1 is 1.06 bits per heavy atom. The summed E-state index contributed by atoms with van der Waals surface area (Å²) in [5.74, 6) is 0.998. The number of aliphatic imine (C=N–C) groups is 1. The fraction of sp³-hybridized carbons (Fsp3) is 0.200. The van der Waals surface area contributed by atoms with Gasteiger partial charge in [-0.2, -0.15) is 0 Å². The Balaban J connectivity index is 1.32. The zero-order valence-corrected chi connectivity index (χ0v) is 17.2. The minimum absolute atomic E-state index is 0.205. The van der Waals surface area contributed by atoms with Gasteiger partial charge >= 0.3 is 12.1 Å². The normalized spacial score (nSPS) is 14.6.